The number of nitrogens with one attached hydrogen (secondary N) is 1. The Hall–Kier alpha value is -1.50. The number of benzene rings is 1. The average Bonchev–Trinajstić information content (AvgIpc) is 2.82. The highest BCUT2D eigenvalue weighted by Gasteiger charge is 2.23. The molecule has 4 nitrogen and oxygen atoms in total. The number of thioether (sulfide) groups is 1. The third-order valence-corrected chi connectivity index (χ3v) is 5.69. The normalized spacial score (nSPS) is 10.5. The summed E-state index contributed by atoms with van der Waals surface area (Å²) < 4.78 is 5.10. The Kier molecular flexibility index (Phi) is 6.32. The van der Waals surface area contributed by atoms with Crippen molar-refractivity contribution in [1.82, 2.24) is 0 Å². The molecule has 2 aromatic rings. The van der Waals surface area contributed by atoms with Crippen molar-refractivity contribution in [2.45, 2.75) is 25.7 Å². The number of halogens is 1. The van der Waals surface area contributed by atoms with Crippen LogP contribution in [-0.2, 0) is 4.74 Å². The molecule has 7 heteroatoms. The molecule has 0 aliphatic heterocycles. The highest BCUT2D eigenvalue weighted by molar-refractivity contribution is 7.98. The summed E-state index contributed by atoms with van der Waals surface area (Å²) in [7, 11) is 0. The van der Waals surface area contributed by atoms with Crippen molar-refractivity contribution in [3.8, 4) is 0 Å². The fourth-order valence-corrected chi connectivity index (χ4v) is 3.83. The minimum atomic E-state index is -0.432. The van der Waals surface area contributed by atoms with E-state index >= 15 is 0 Å². The minimum absolute atomic E-state index is 0.280. The number of ether oxygens (including phenoxy) is 1. The summed E-state index contributed by atoms with van der Waals surface area (Å²) in [5.74, 6) is -0.777. The predicted molar refractivity (Wildman–Crippen MR) is 101 cm³/mol. The smallest absolute Gasteiger partial charge is 0.341 e. The maximum Gasteiger partial charge on any atom is 0.341 e. The Balaban J connectivity index is 2.36. The Bertz CT molecular complexity index is 786. The number of esters is 1. The second kappa shape index (κ2) is 8.05. The Morgan fingerprint density at radius 1 is 1.33 bits per heavy atom. The third-order valence-electron chi connectivity index (χ3n) is 3.51. The summed E-state index contributed by atoms with van der Waals surface area (Å²) in [6.07, 6.45) is 1.93. The summed E-state index contributed by atoms with van der Waals surface area (Å²) in [6.45, 7) is 5.77. The average molecular weight is 384 g/mol. The summed E-state index contributed by atoms with van der Waals surface area (Å²) >= 11 is 9.02. The van der Waals surface area contributed by atoms with Crippen molar-refractivity contribution in [3.05, 3.63) is 44.8 Å². The number of carbonyl (C=O) groups excluding carboxylic acids is 2. The van der Waals surface area contributed by atoms with Crippen LogP contribution < -0.4 is 5.32 Å². The molecule has 0 spiro atoms. The van der Waals surface area contributed by atoms with Gasteiger partial charge in [-0.2, -0.15) is 0 Å². The van der Waals surface area contributed by atoms with Crippen molar-refractivity contribution in [2.24, 2.45) is 0 Å². The van der Waals surface area contributed by atoms with Crippen LogP contribution in [0.25, 0.3) is 0 Å². The van der Waals surface area contributed by atoms with Gasteiger partial charge in [-0.1, -0.05) is 11.6 Å². The van der Waals surface area contributed by atoms with Crippen molar-refractivity contribution in [1.29, 1.82) is 0 Å². The molecule has 1 aromatic heterocycles. The fraction of sp³-hybridized carbons (Fsp3) is 0.294. The maximum absolute atomic E-state index is 12.6. The van der Waals surface area contributed by atoms with E-state index in [2.05, 4.69) is 5.32 Å². The molecule has 1 amide bonds. The molecule has 0 aliphatic carbocycles. The lowest BCUT2D eigenvalue weighted by Gasteiger charge is -2.09. The monoisotopic (exact) mass is 383 g/mol. The molecule has 0 radical (unpaired) electrons. The highest BCUT2D eigenvalue weighted by atomic mass is 35.5. The van der Waals surface area contributed by atoms with Gasteiger partial charge in [0.25, 0.3) is 5.91 Å². The number of anilines is 1. The van der Waals surface area contributed by atoms with Crippen LogP contribution >= 0.6 is 34.7 Å². The maximum atomic E-state index is 12.6. The van der Waals surface area contributed by atoms with Gasteiger partial charge in [0.15, 0.2) is 0 Å². The molecule has 0 saturated heterocycles. The van der Waals surface area contributed by atoms with E-state index in [0.29, 0.717) is 21.2 Å². The number of hydrogen-bond donors (Lipinski definition) is 1. The SMILES string of the molecule is CCOC(=O)c1c(NC(=O)c2cc(SC)ccc2Cl)sc(C)c1C. The lowest BCUT2D eigenvalue weighted by molar-refractivity contribution is 0.0527. The van der Waals surface area contributed by atoms with E-state index in [4.69, 9.17) is 16.3 Å². The van der Waals surface area contributed by atoms with Crippen LogP contribution in [0, 0.1) is 13.8 Å². The van der Waals surface area contributed by atoms with Crippen LogP contribution in [0.15, 0.2) is 23.1 Å². The molecule has 0 unspecified atom stereocenters. The zero-order valence-corrected chi connectivity index (χ0v) is 16.2. The van der Waals surface area contributed by atoms with Gasteiger partial charge in [-0.15, -0.1) is 23.1 Å². The van der Waals surface area contributed by atoms with Crippen molar-refractivity contribution < 1.29 is 14.3 Å². The minimum Gasteiger partial charge on any atom is -0.462 e. The lowest BCUT2D eigenvalue weighted by Crippen LogP contribution is -2.15. The molecule has 0 bridgehead atoms. The van der Waals surface area contributed by atoms with E-state index in [0.717, 1.165) is 15.3 Å². The summed E-state index contributed by atoms with van der Waals surface area (Å²) in [6, 6.07) is 5.28. The van der Waals surface area contributed by atoms with Crippen molar-refractivity contribution in [3.63, 3.8) is 0 Å². The molecule has 1 heterocycles. The summed E-state index contributed by atoms with van der Waals surface area (Å²) in [5, 5.41) is 3.66. The molecular weight excluding hydrogens is 366 g/mol. The molecular formula is C17H18ClNO3S2. The summed E-state index contributed by atoms with van der Waals surface area (Å²) in [5.41, 5.74) is 1.60. The van der Waals surface area contributed by atoms with Gasteiger partial charge in [0.05, 0.1) is 22.8 Å². The van der Waals surface area contributed by atoms with Crippen LogP contribution in [0.1, 0.15) is 38.1 Å². The molecule has 1 aromatic carbocycles. The second-order valence-corrected chi connectivity index (χ2v) is 7.52. The Morgan fingerprint density at radius 2 is 2.04 bits per heavy atom. The number of rotatable bonds is 5. The predicted octanol–water partition coefficient (Wildman–Crippen LogP) is 5.17. The first-order valence-corrected chi connectivity index (χ1v) is 9.72. The first kappa shape index (κ1) is 18.8. The van der Waals surface area contributed by atoms with Gasteiger partial charge in [0, 0.05) is 9.77 Å². The quantitative estimate of drug-likeness (QED) is 0.571. The van der Waals surface area contributed by atoms with Crippen LogP contribution in [0.2, 0.25) is 5.02 Å². The molecule has 24 heavy (non-hydrogen) atoms. The number of thiophene rings is 1. The molecule has 0 atom stereocenters. The van der Waals surface area contributed by atoms with Crippen LogP contribution in [0.4, 0.5) is 5.00 Å². The highest BCUT2D eigenvalue weighted by Crippen LogP contribution is 2.34. The van der Waals surface area contributed by atoms with Gasteiger partial charge in [-0.05, 0) is 50.8 Å². The number of carbonyl (C=O) groups is 2. The first-order valence-electron chi connectivity index (χ1n) is 7.31. The Morgan fingerprint density at radius 3 is 2.67 bits per heavy atom. The van der Waals surface area contributed by atoms with Gasteiger partial charge in [0.1, 0.15) is 5.00 Å². The van der Waals surface area contributed by atoms with Gasteiger partial charge >= 0.3 is 5.97 Å². The van der Waals surface area contributed by atoms with Crippen LogP contribution in [-0.4, -0.2) is 24.7 Å². The second-order valence-electron chi connectivity index (χ2n) is 5.01. The molecule has 128 valence electrons. The van der Waals surface area contributed by atoms with E-state index in [1.807, 2.05) is 26.2 Å². The number of aryl methyl sites for hydroxylation is 1. The van der Waals surface area contributed by atoms with E-state index in [1.165, 1.54) is 23.1 Å². The van der Waals surface area contributed by atoms with Crippen LogP contribution in [0.5, 0.6) is 0 Å². The van der Waals surface area contributed by atoms with Crippen molar-refractivity contribution in [2.75, 3.05) is 18.2 Å². The standard InChI is InChI=1S/C17H18ClNO3S2/c1-5-22-17(21)14-9(2)10(3)24-16(14)19-15(20)12-8-11(23-4)6-7-13(12)18/h6-8H,5H2,1-4H3,(H,19,20). The fourth-order valence-electron chi connectivity index (χ4n) is 2.14. The molecule has 0 saturated carbocycles. The van der Waals surface area contributed by atoms with Crippen LogP contribution in [0.3, 0.4) is 0 Å². The first-order chi connectivity index (χ1) is 11.4. The number of hydrogen-bond acceptors (Lipinski definition) is 5. The van der Waals surface area contributed by atoms with Gasteiger partial charge in [-0.3, -0.25) is 4.79 Å². The lowest BCUT2D eigenvalue weighted by atomic mass is 10.1. The zero-order valence-electron chi connectivity index (χ0n) is 13.9. The van der Waals surface area contributed by atoms with E-state index < -0.39 is 5.97 Å². The van der Waals surface area contributed by atoms with Crippen molar-refractivity contribution >= 4 is 51.6 Å². The largest absolute Gasteiger partial charge is 0.462 e. The Labute approximate surface area is 154 Å². The van der Waals surface area contributed by atoms with E-state index in [-0.39, 0.29) is 12.5 Å². The topological polar surface area (TPSA) is 55.4 Å². The van der Waals surface area contributed by atoms with Gasteiger partial charge in [-0.25, -0.2) is 4.79 Å². The van der Waals surface area contributed by atoms with E-state index in [9.17, 15) is 9.59 Å². The molecule has 1 N–H and O–H groups in total. The zero-order chi connectivity index (χ0) is 17.9. The van der Waals surface area contributed by atoms with Gasteiger partial charge in [0.2, 0.25) is 0 Å². The molecule has 2 rings (SSSR count). The third kappa shape index (κ3) is 3.94. The summed E-state index contributed by atoms with van der Waals surface area (Å²) in [4.78, 5) is 26.7. The molecule has 0 aliphatic rings. The molecule has 0 fully saturated rings. The van der Waals surface area contributed by atoms with Gasteiger partial charge < -0.3 is 10.1 Å². The van der Waals surface area contributed by atoms with E-state index in [1.54, 1.807) is 19.1 Å². The number of amides is 1.